The molecule has 0 bridgehead atoms. The summed E-state index contributed by atoms with van der Waals surface area (Å²) in [6.07, 6.45) is 9.59. The molecule has 0 atom stereocenters. The number of aryl methyl sites for hydroxylation is 1. The molecule has 0 heteroatoms. The van der Waals surface area contributed by atoms with Crippen LogP contribution in [0.5, 0.6) is 0 Å². The quantitative estimate of drug-likeness (QED) is 0.190. The fourth-order valence-electron chi connectivity index (χ4n) is 7.30. The van der Waals surface area contributed by atoms with E-state index in [1.807, 2.05) is 0 Å². The first kappa shape index (κ1) is 30.0. The number of benzene rings is 5. The first-order chi connectivity index (χ1) is 22.0. The van der Waals surface area contributed by atoms with Crippen molar-refractivity contribution in [3.63, 3.8) is 0 Å². The van der Waals surface area contributed by atoms with Gasteiger partial charge < -0.3 is 0 Å². The largest absolute Gasteiger partial charge is 0.0795 e. The van der Waals surface area contributed by atoms with Crippen LogP contribution in [0.1, 0.15) is 92.5 Å². The normalized spacial score (nSPS) is 13.9. The Morgan fingerprint density at radius 3 is 1.93 bits per heavy atom. The van der Waals surface area contributed by atoms with Crippen LogP contribution in [0.25, 0.3) is 33.9 Å². The van der Waals surface area contributed by atoms with Crippen molar-refractivity contribution in [1.82, 2.24) is 0 Å². The Balaban J connectivity index is 1.70. The molecular weight excluding hydrogens is 553 g/mol. The third kappa shape index (κ3) is 5.31. The Kier molecular flexibility index (Phi) is 7.36. The zero-order valence-corrected chi connectivity index (χ0v) is 28.3. The van der Waals surface area contributed by atoms with Gasteiger partial charge in [-0.25, -0.2) is 0 Å². The molecule has 5 aromatic carbocycles. The van der Waals surface area contributed by atoms with Crippen molar-refractivity contribution < 1.29 is 0 Å². The second-order valence-corrected chi connectivity index (χ2v) is 15.0. The molecule has 0 saturated carbocycles. The van der Waals surface area contributed by atoms with Crippen LogP contribution in [0.4, 0.5) is 0 Å². The van der Waals surface area contributed by atoms with Gasteiger partial charge in [-0.3, -0.25) is 0 Å². The summed E-state index contributed by atoms with van der Waals surface area (Å²) >= 11 is 0. The molecule has 5 aromatic rings. The molecule has 2 aliphatic carbocycles. The SMILES string of the molecule is Cc1cccc(C2=C(c3c(C(C)(C)C)c(=C(c4ccccc4)c4ccccc4)cc4c3=[C]c3cc(C(C)(C)C)ccc3-4)CC=C2)c1. The van der Waals surface area contributed by atoms with E-state index in [0.29, 0.717) is 0 Å². The van der Waals surface area contributed by atoms with Gasteiger partial charge in [0.05, 0.1) is 0 Å². The van der Waals surface area contributed by atoms with Crippen molar-refractivity contribution in [3.8, 4) is 11.1 Å². The maximum Gasteiger partial charge on any atom is -0.000731 e. The molecule has 0 aliphatic heterocycles. The van der Waals surface area contributed by atoms with Crippen molar-refractivity contribution in [2.75, 3.05) is 0 Å². The first-order valence-corrected chi connectivity index (χ1v) is 16.6. The van der Waals surface area contributed by atoms with Gasteiger partial charge in [-0.15, -0.1) is 0 Å². The van der Waals surface area contributed by atoms with E-state index >= 15 is 0 Å². The summed E-state index contributed by atoms with van der Waals surface area (Å²) in [7, 11) is 0. The summed E-state index contributed by atoms with van der Waals surface area (Å²) in [5.74, 6) is 0. The van der Waals surface area contributed by atoms with Gasteiger partial charge in [-0.05, 0) is 120 Å². The molecule has 0 heterocycles. The molecule has 1 radical (unpaired) electrons. The molecule has 46 heavy (non-hydrogen) atoms. The zero-order valence-electron chi connectivity index (χ0n) is 28.3. The molecule has 0 nitrogen and oxygen atoms in total. The van der Waals surface area contributed by atoms with Gasteiger partial charge in [0, 0.05) is 0 Å². The lowest BCUT2D eigenvalue weighted by Crippen LogP contribution is -2.32. The summed E-state index contributed by atoms with van der Waals surface area (Å²) in [5.41, 5.74) is 16.8. The minimum Gasteiger partial charge on any atom is -0.0795 e. The second-order valence-electron chi connectivity index (χ2n) is 15.0. The standard InChI is InChI=1S/C46H43/c1-30-16-14-21-33(26-30)36-22-15-23-38(36)43-40-28-34-27-35(45(2,3)4)24-25-37(34)39(40)29-41(44(43)46(5,6)7)42(31-17-10-8-11-18-31)32-19-12-9-13-20-32/h8-22,24-27,29H,23H2,1-7H3. The highest BCUT2D eigenvalue weighted by molar-refractivity contribution is 6.02. The molecule has 0 amide bonds. The zero-order chi connectivity index (χ0) is 32.2. The first-order valence-electron chi connectivity index (χ1n) is 16.6. The number of rotatable bonds is 4. The smallest absolute Gasteiger partial charge is 0.000731 e. The molecule has 0 aromatic heterocycles. The van der Waals surface area contributed by atoms with Gasteiger partial charge in [-0.2, -0.15) is 0 Å². The van der Waals surface area contributed by atoms with Crippen LogP contribution in [0.2, 0.25) is 0 Å². The molecular formula is C46H43. The van der Waals surface area contributed by atoms with Crippen LogP contribution in [0.15, 0.2) is 121 Å². The predicted molar refractivity (Wildman–Crippen MR) is 197 cm³/mol. The average molecular weight is 596 g/mol. The lowest BCUT2D eigenvalue weighted by atomic mass is 9.75. The molecule has 0 spiro atoms. The van der Waals surface area contributed by atoms with E-state index in [0.717, 1.165) is 6.42 Å². The van der Waals surface area contributed by atoms with E-state index in [1.54, 1.807) is 0 Å². The van der Waals surface area contributed by atoms with E-state index < -0.39 is 0 Å². The van der Waals surface area contributed by atoms with Gasteiger partial charge in [0.1, 0.15) is 0 Å². The maximum atomic E-state index is 4.01. The van der Waals surface area contributed by atoms with Gasteiger partial charge in [0.2, 0.25) is 0 Å². The maximum absolute atomic E-state index is 4.01. The minimum absolute atomic E-state index is 0.0633. The Morgan fingerprint density at radius 2 is 1.33 bits per heavy atom. The van der Waals surface area contributed by atoms with E-state index in [-0.39, 0.29) is 10.8 Å². The average Bonchev–Trinajstić information content (AvgIpc) is 3.66. The van der Waals surface area contributed by atoms with Crippen LogP contribution in [0, 0.1) is 6.92 Å². The van der Waals surface area contributed by atoms with E-state index in [2.05, 4.69) is 176 Å². The molecule has 227 valence electrons. The van der Waals surface area contributed by atoms with Crippen LogP contribution >= 0.6 is 0 Å². The summed E-state index contributed by atoms with van der Waals surface area (Å²) in [4.78, 5) is 0. The predicted octanol–water partition coefficient (Wildman–Crippen LogP) is 10.4. The third-order valence-electron chi connectivity index (χ3n) is 9.47. The highest BCUT2D eigenvalue weighted by Gasteiger charge is 2.30. The number of hydrogen-bond acceptors (Lipinski definition) is 0. The Hall–Kier alpha value is -4.68. The number of allylic oxidation sites excluding steroid dienone is 4. The van der Waals surface area contributed by atoms with Gasteiger partial charge >= 0.3 is 0 Å². The van der Waals surface area contributed by atoms with Crippen LogP contribution in [-0.4, -0.2) is 0 Å². The Labute approximate surface area is 275 Å². The minimum atomic E-state index is -0.144. The number of hydrogen-bond donors (Lipinski definition) is 0. The van der Waals surface area contributed by atoms with Crippen LogP contribution < -0.4 is 10.4 Å². The summed E-state index contributed by atoms with van der Waals surface area (Å²) in [6, 6.07) is 40.4. The van der Waals surface area contributed by atoms with Crippen molar-refractivity contribution >= 4 is 22.8 Å². The van der Waals surface area contributed by atoms with Crippen LogP contribution in [-0.2, 0) is 10.8 Å². The summed E-state index contributed by atoms with van der Waals surface area (Å²) in [6.45, 7) is 16.2. The van der Waals surface area contributed by atoms with Gasteiger partial charge in [-0.1, -0.05) is 156 Å². The Bertz CT molecular complexity index is 2110. The van der Waals surface area contributed by atoms with Crippen molar-refractivity contribution in [2.45, 2.75) is 65.7 Å². The van der Waals surface area contributed by atoms with Crippen molar-refractivity contribution in [2.24, 2.45) is 0 Å². The van der Waals surface area contributed by atoms with Crippen molar-refractivity contribution in [3.05, 3.63) is 176 Å². The number of fused-ring (bicyclic) bond motifs is 3. The molecule has 0 fully saturated rings. The van der Waals surface area contributed by atoms with E-state index in [1.165, 1.54) is 82.8 Å². The summed E-state index contributed by atoms with van der Waals surface area (Å²) < 4.78 is 0. The van der Waals surface area contributed by atoms with E-state index in [9.17, 15) is 0 Å². The second kappa shape index (κ2) is 11.3. The topological polar surface area (TPSA) is 0 Å². The van der Waals surface area contributed by atoms with Gasteiger partial charge in [0.15, 0.2) is 0 Å². The Morgan fingerprint density at radius 1 is 0.652 bits per heavy atom. The lowest BCUT2D eigenvalue weighted by molar-refractivity contribution is 0.583. The molecule has 2 aliphatic rings. The highest BCUT2D eigenvalue weighted by atomic mass is 14.3. The van der Waals surface area contributed by atoms with E-state index in [4.69, 9.17) is 0 Å². The fraction of sp³-hybridized carbons (Fsp3) is 0.217. The van der Waals surface area contributed by atoms with Crippen LogP contribution in [0.3, 0.4) is 0 Å². The molecule has 7 rings (SSSR count). The monoisotopic (exact) mass is 595 g/mol. The molecule has 0 unspecified atom stereocenters. The summed E-state index contributed by atoms with van der Waals surface area (Å²) in [5, 5.41) is 2.54. The third-order valence-corrected chi connectivity index (χ3v) is 9.47. The lowest BCUT2D eigenvalue weighted by Gasteiger charge is -2.28. The highest BCUT2D eigenvalue weighted by Crippen LogP contribution is 2.41. The molecule has 0 saturated heterocycles. The molecule has 0 N–H and O–H groups in total. The fourth-order valence-corrected chi connectivity index (χ4v) is 7.30. The van der Waals surface area contributed by atoms with Gasteiger partial charge in [0.25, 0.3) is 0 Å². The van der Waals surface area contributed by atoms with Crippen molar-refractivity contribution in [1.29, 1.82) is 0 Å².